The van der Waals surface area contributed by atoms with E-state index in [0.29, 0.717) is 12.2 Å². The lowest BCUT2D eigenvalue weighted by Gasteiger charge is -2.25. The van der Waals surface area contributed by atoms with E-state index in [-0.39, 0.29) is 24.5 Å². The number of hydrogen-bond donors (Lipinski definition) is 1. The minimum atomic E-state index is -0.705. The molecule has 1 aliphatic heterocycles. The summed E-state index contributed by atoms with van der Waals surface area (Å²) >= 11 is 3.45. The van der Waals surface area contributed by atoms with E-state index < -0.39 is 17.7 Å². The van der Waals surface area contributed by atoms with Gasteiger partial charge in [-0.3, -0.25) is 9.59 Å². The first-order valence-corrected chi connectivity index (χ1v) is 11.4. The molecule has 3 rings (SSSR count). The van der Waals surface area contributed by atoms with Crippen molar-refractivity contribution in [1.82, 2.24) is 4.90 Å². The molecule has 6 nitrogen and oxygen atoms in total. The van der Waals surface area contributed by atoms with Crippen molar-refractivity contribution in [2.24, 2.45) is 0 Å². The third-order valence-corrected chi connectivity index (χ3v) is 5.94. The van der Waals surface area contributed by atoms with Gasteiger partial charge in [0.25, 0.3) is 11.7 Å². The Morgan fingerprint density at radius 2 is 1.94 bits per heavy atom. The van der Waals surface area contributed by atoms with Gasteiger partial charge in [0.05, 0.1) is 24.8 Å². The van der Waals surface area contributed by atoms with Crippen LogP contribution in [0.4, 0.5) is 0 Å². The van der Waals surface area contributed by atoms with Gasteiger partial charge in [0, 0.05) is 23.7 Å². The molecule has 0 aliphatic carbocycles. The second-order valence-electron chi connectivity index (χ2n) is 7.72. The molecule has 0 spiro atoms. The first kappa shape index (κ1) is 24.0. The summed E-state index contributed by atoms with van der Waals surface area (Å²) in [6, 6.07) is 12.0. The Bertz CT molecular complexity index is 1030. The summed E-state index contributed by atoms with van der Waals surface area (Å²) in [7, 11) is 1.54. The smallest absolute Gasteiger partial charge is 0.295 e. The average Bonchev–Trinajstić information content (AvgIpc) is 3.03. The minimum absolute atomic E-state index is 0.0725. The van der Waals surface area contributed by atoms with Crippen LogP contribution in [0.2, 0.25) is 0 Å². The molecule has 0 radical (unpaired) electrons. The Balaban J connectivity index is 2.06. The number of ketones is 1. The molecule has 0 bridgehead atoms. The van der Waals surface area contributed by atoms with Crippen LogP contribution < -0.4 is 4.74 Å². The fourth-order valence-corrected chi connectivity index (χ4v) is 4.18. The molecule has 0 aromatic heterocycles. The SMILES string of the molecule is CCCCOc1ccc(/C(O)=C2\C(=O)C(=O)N(CCOC)[C@H]2c2cccc(Br)c2)cc1C. The number of ether oxygens (including phenoxy) is 2. The molecule has 7 heteroatoms. The van der Waals surface area contributed by atoms with Gasteiger partial charge in [0.15, 0.2) is 0 Å². The maximum Gasteiger partial charge on any atom is 0.295 e. The lowest BCUT2D eigenvalue weighted by molar-refractivity contribution is -0.140. The maximum atomic E-state index is 13.0. The molecule has 2 aromatic rings. The number of aliphatic hydroxyl groups is 1. The zero-order valence-corrected chi connectivity index (χ0v) is 20.1. The predicted octanol–water partition coefficient (Wildman–Crippen LogP) is 5.00. The van der Waals surface area contributed by atoms with Gasteiger partial charge in [-0.2, -0.15) is 0 Å². The molecule has 1 amide bonds. The summed E-state index contributed by atoms with van der Waals surface area (Å²) < 4.78 is 11.7. The van der Waals surface area contributed by atoms with Crippen molar-refractivity contribution in [2.75, 3.05) is 26.9 Å². The number of Topliss-reactive ketones (excluding diaryl/α,β-unsaturated/α-hetero) is 1. The average molecular weight is 502 g/mol. The Morgan fingerprint density at radius 1 is 1.16 bits per heavy atom. The second-order valence-corrected chi connectivity index (χ2v) is 8.64. The van der Waals surface area contributed by atoms with Gasteiger partial charge >= 0.3 is 0 Å². The van der Waals surface area contributed by atoms with E-state index in [9.17, 15) is 14.7 Å². The molecule has 32 heavy (non-hydrogen) atoms. The van der Waals surface area contributed by atoms with Gasteiger partial charge in [0.1, 0.15) is 11.5 Å². The van der Waals surface area contributed by atoms with Crippen molar-refractivity contribution in [3.8, 4) is 5.75 Å². The van der Waals surface area contributed by atoms with Gasteiger partial charge in [-0.05, 0) is 54.8 Å². The van der Waals surface area contributed by atoms with Crippen molar-refractivity contribution in [2.45, 2.75) is 32.7 Å². The molecule has 0 unspecified atom stereocenters. The first-order chi connectivity index (χ1) is 15.4. The topological polar surface area (TPSA) is 76.1 Å². The van der Waals surface area contributed by atoms with Gasteiger partial charge in [0.2, 0.25) is 0 Å². The highest BCUT2D eigenvalue weighted by Crippen LogP contribution is 2.40. The fraction of sp³-hybridized carbons (Fsp3) is 0.360. The monoisotopic (exact) mass is 501 g/mol. The number of nitrogens with zero attached hydrogens (tertiary/aromatic N) is 1. The van der Waals surface area contributed by atoms with Crippen molar-refractivity contribution in [3.63, 3.8) is 0 Å². The molecule has 1 saturated heterocycles. The molecule has 1 fully saturated rings. The van der Waals surface area contributed by atoms with Gasteiger partial charge < -0.3 is 19.5 Å². The number of aliphatic hydroxyl groups excluding tert-OH is 1. The second kappa shape index (κ2) is 10.8. The molecule has 1 N–H and O–H groups in total. The van der Waals surface area contributed by atoms with E-state index in [1.807, 2.05) is 31.2 Å². The maximum absolute atomic E-state index is 13.0. The van der Waals surface area contributed by atoms with Crippen LogP contribution in [0.5, 0.6) is 5.75 Å². The lowest BCUT2D eigenvalue weighted by atomic mass is 9.95. The lowest BCUT2D eigenvalue weighted by Crippen LogP contribution is -2.32. The summed E-state index contributed by atoms with van der Waals surface area (Å²) in [4.78, 5) is 27.3. The zero-order chi connectivity index (χ0) is 23.3. The van der Waals surface area contributed by atoms with Crippen molar-refractivity contribution in [1.29, 1.82) is 0 Å². The fourth-order valence-electron chi connectivity index (χ4n) is 3.76. The van der Waals surface area contributed by atoms with Gasteiger partial charge in [-0.1, -0.05) is 41.4 Å². The molecule has 170 valence electrons. The van der Waals surface area contributed by atoms with E-state index >= 15 is 0 Å². The van der Waals surface area contributed by atoms with Crippen LogP contribution in [0, 0.1) is 6.92 Å². The highest BCUT2D eigenvalue weighted by atomic mass is 79.9. The largest absolute Gasteiger partial charge is 0.507 e. The number of unbranched alkanes of at least 4 members (excludes halogenated alkanes) is 1. The van der Waals surface area contributed by atoms with E-state index in [2.05, 4.69) is 22.9 Å². The normalized spacial score (nSPS) is 17.8. The van der Waals surface area contributed by atoms with Crippen molar-refractivity contribution < 1.29 is 24.2 Å². The molecule has 1 heterocycles. The third-order valence-electron chi connectivity index (χ3n) is 5.44. The number of aryl methyl sites for hydroxylation is 1. The van der Waals surface area contributed by atoms with E-state index in [0.717, 1.165) is 34.2 Å². The summed E-state index contributed by atoms with van der Waals surface area (Å²) in [5.41, 5.74) is 2.11. The highest BCUT2D eigenvalue weighted by Gasteiger charge is 2.45. The highest BCUT2D eigenvalue weighted by molar-refractivity contribution is 9.10. The van der Waals surface area contributed by atoms with Gasteiger partial charge in [-0.25, -0.2) is 0 Å². The van der Waals surface area contributed by atoms with Gasteiger partial charge in [-0.15, -0.1) is 0 Å². The van der Waals surface area contributed by atoms with Crippen LogP contribution in [0.25, 0.3) is 5.76 Å². The standard InChI is InChI=1S/C25H28BrNO5/c1-4-5-12-32-20-10-9-18(14-16(20)2)23(28)21-22(17-7-6-8-19(26)15-17)27(11-13-31-3)25(30)24(21)29/h6-10,14-15,22,28H,4-5,11-13H2,1-3H3/b23-21+/t22-/m0/s1. The minimum Gasteiger partial charge on any atom is -0.507 e. The van der Waals surface area contributed by atoms with Crippen LogP contribution in [-0.2, 0) is 14.3 Å². The third kappa shape index (κ3) is 5.05. The molecular weight excluding hydrogens is 474 g/mol. The number of likely N-dealkylation sites (tertiary alicyclic amines) is 1. The number of hydrogen-bond acceptors (Lipinski definition) is 5. The number of rotatable bonds is 9. The number of benzene rings is 2. The molecule has 0 saturated carbocycles. The van der Waals surface area contributed by atoms with Crippen molar-refractivity contribution in [3.05, 3.63) is 69.2 Å². The van der Waals surface area contributed by atoms with E-state index in [1.54, 1.807) is 18.2 Å². The number of methoxy groups -OCH3 is 1. The Morgan fingerprint density at radius 3 is 2.59 bits per heavy atom. The number of amides is 1. The van der Waals surface area contributed by atoms with E-state index in [4.69, 9.17) is 9.47 Å². The number of carbonyl (C=O) groups is 2. The van der Waals surface area contributed by atoms with Crippen LogP contribution in [-0.4, -0.2) is 48.6 Å². The molecule has 2 aromatic carbocycles. The summed E-state index contributed by atoms with van der Waals surface area (Å²) in [5.74, 6) is -0.815. The number of carbonyl (C=O) groups excluding carboxylic acids is 2. The van der Waals surface area contributed by atoms with Crippen LogP contribution in [0.15, 0.2) is 52.5 Å². The van der Waals surface area contributed by atoms with E-state index in [1.165, 1.54) is 12.0 Å². The summed E-state index contributed by atoms with van der Waals surface area (Å²) in [6.07, 6.45) is 2.00. The molecule has 1 aliphatic rings. The zero-order valence-electron chi connectivity index (χ0n) is 18.6. The predicted molar refractivity (Wildman–Crippen MR) is 127 cm³/mol. The Hall–Kier alpha value is -2.64. The Kier molecular flexibility index (Phi) is 8.10. The molecular formula is C25H28BrNO5. The van der Waals surface area contributed by atoms with Crippen molar-refractivity contribution >= 4 is 33.4 Å². The summed E-state index contributed by atoms with van der Waals surface area (Å²) in [5, 5.41) is 11.2. The number of halogens is 1. The van der Waals surface area contributed by atoms with Crippen LogP contribution >= 0.6 is 15.9 Å². The van der Waals surface area contributed by atoms with Crippen LogP contribution in [0.3, 0.4) is 0 Å². The molecule has 1 atom stereocenters. The van der Waals surface area contributed by atoms with Crippen LogP contribution in [0.1, 0.15) is 42.5 Å². The summed E-state index contributed by atoms with van der Waals surface area (Å²) in [6.45, 7) is 5.12. The quantitative estimate of drug-likeness (QED) is 0.226. The Labute approximate surface area is 197 Å². The first-order valence-electron chi connectivity index (χ1n) is 10.7.